The van der Waals surface area contributed by atoms with Crippen molar-refractivity contribution in [3.8, 4) is 5.75 Å². The Balaban J connectivity index is 1.60. The van der Waals surface area contributed by atoms with E-state index in [0.29, 0.717) is 12.3 Å². The number of nitrogens with zero attached hydrogens (tertiary/aromatic N) is 2. The Morgan fingerprint density at radius 3 is 2.88 bits per heavy atom. The molecule has 0 aromatic heterocycles. The Kier molecular flexibility index (Phi) is 6.33. The first-order valence-corrected chi connectivity index (χ1v) is 9.60. The van der Waals surface area contributed by atoms with Crippen LogP contribution in [0.25, 0.3) is 0 Å². The summed E-state index contributed by atoms with van der Waals surface area (Å²) in [6.07, 6.45) is 6.57. The highest BCUT2D eigenvalue weighted by molar-refractivity contribution is 5.78. The summed E-state index contributed by atoms with van der Waals surface area (Å²) in [6.45, 7) is 6.13. The van der Waals surface area contributed by atoms with Crippen molar-refractivity contribution in [2.24, 2.45) is 5.41 Å². The molecule has 26 heavy (non-hydrogen) atoms. The number of ether oxygens (including phenoxy) is 1. The number of allylic oxidation sites excluding steroid dienone is 1. The van der Waals surface area contributed by atoms with Crippen LogP contribution in [0.3, 0.4) is 0 Å². The van der Waals surface area contributed by atoms with Gasteiger partial charge in [-0.25, -0.2) is 0 Å². The van der Waals surface area contributed by atoms with Gasteiger partial charge in [0.15, 0.2) is 6.61 Å². The van der Waals surface area contributed by atoms with Crippen molar-refractivity contribution in [1.82, 2.24) is 9.80 Å². The molecule has 2 aliphatic rings. The minimum atomic E-state index is -0.338. The number of aliphatic hydroxyl groups is 1. The van der Waals surface area contributed by atoms with Crippen LogP contribution in [-0.4, -0.2) is 66.2 Å². The molecule has 1 aromatic carbocycles. The smallest absolute Gasteiger partial charge is 0.260 e. The van der Waals surface area contributed by atoms with Crippen LogP contribution in [0.1, 0.15) is 26.2 Å². The first-order valence-electron chi connectivity index (χ1n) is 9.60. The molecule has 1 aromatic rings. The molecule has 2 heterocycles. The Bertz CT molecular complexity index is 619. The van der Waals surface area contributed by atoms with E-state index in [-0.39, 0.29) is 24.0 Å². The highest BCUT2D eigenvalue weighted by Crippen LogP contribution is 2.38. The van der Waals surface area contributed by atoms with Gasteiger partial charge in [-0.3, -0.25) is 9.69 Å². The van der Waals surface area contributed by atoms with Gasteiger partial charge in [0, 0.05) is 38.1 Å². The van der Waals surface area contributed by atoms with Gasteiger partial charge >= 0.3 is 0 Å². The molecule has 1 amide bonds. The van der Waals surface area contributed by atoms with E-state index < -0.39 is 0 Å². The fraction of sp³-hybridized carbons (Fsp3) is 0.571. The van der Waals surface area contributed by atoms with Crippen LogP contribution >= 0.6 is 0 Å². The van der Waals surface area contributed by atoms with Gasteiger partial charge in [0.1, 0.15) is 5.75 Å². The molecule has 3 rings (SSSR count). The van der Waals surface area contributed by atoms with Crippen LogP contribution in [0.4, 0.5) is 0 Å². The maximum Gasteiger partial charge on any atom is 0.260 e. The third kappa shape index (κ3) is 4.46. The third-order valence-electron chi connectivity index (χ3n) is 5.63. The van der Waals surface area contributed by atoms with Gasteiger partial charge < -0.3 is 14.7 Å². The number of benzene rings is 1. The van der Waals surface area contributed by atoms with Crippen molar-refractivity contribution >= 4 is 5.91 Å². The van der Waals surface area contributed by atoms with E-state index >= 15 is 0 Å². The predicted molar refractivity (Wildman–Crippen MR) is 102 cm³/mol. The van der Waals surface area contributed by atoms with E-state index in [1.807, 2.05) is 42.2 Å². The lowest BCUT2D eigenvalue weighted by Gasteiger charge is -2.51. The number of likely N-dealkylation sites (tertiary alicyclic amines) is 2. The molecule has 0 radical (unpaired) electrons. The lowest BCUT2D eigenvalue weighted by Crippen LogP contribution is -2.60. The third-order valence-corrected chi connectivity index (χ3v) is 5.63. The highest BCUT2D eigenvalue weighted by atomic mass is 16.5. The van der Waals surface area contributed by atoms with Crippen molar-refractivity contribution < 1.29 is 14.6 Å². The summed E-state index contributed by atoms with van der Waals surface area (Å²) >= 11 is 0. The summed E-state index contributed by atoms with van der Waals surface area (Å²) in [5.74, 6) is 0.716. The average molecular weight is 358 g/mol. The van der Waals surface area contributed by atoms with Crippen LogP contribution in [-0.2, 0) is 4.79 Å². The minimum absolute atomic E-state index is 0.00528. The molecule has 1 N–H and O–H groups in total. The largest absolute Gasteiger partial charge is 0.484 e. The molecule has 1 spiro atoms. The number of piperidine rings is 2. The van der Waals surface area contributed by atoms with Gasteiger partial charge in [-0.2, -0.15) is 0 Å². The van der Waals surface area contributed by atoms with Gasteiger partial charge in [-0.1, -0.05) is 30.4 Å². The van der Waals surface area contributed by atoms with Gasteiger partial charge in [0.25, 0.3) is 5.91 Å². The second-order valence-corrected chi connectivity index (χ2v) is 7.49. The molecule has 0 unspecified atom stereocenters. The molecule has 0 bridgehead atoms. The monoisotopic (exact) mass is 358 g/mol. The Labute approximate surface area is 156 Å². The first kappa shape index (κ1) is 18.9. The molecule has 5 heteroatoms. The van der Waals surface area contributed by atoms with Crippen LogP contribution in [0.2, 0.25) is 0 Å². The van der Waals surface area contributed by atoms with E-state index in [0.717, 1.165) is 45.4 Å². The van der Waals surface area contributed by atoms with E-state index in [4.69, 9.17) is 4.74 Å². The molecule has 2 saturated heterocycles. The lowest BCUT2D eigenvalue weighted by molar-refractivity contribution is -0.143. The summed E-state index contributed by atoms with van der Waals surface area (Å²) in [5, 5.41) is 10.7. The summed E-state index contributed by atoms with van der Waals surface area (Å²) in [5.41, 5.74) is -0.208. The minimum Gasteiger partial charge on any atom is -0.484 e. The zero-order valence-corrected chi connectivity index (χ0v) is 15.6. The molecule has 142 valence electrons. The maximum absolute atomic E-state index is 12.7. The zero-order valence-electron chi connectivity index (χ0n) is 15.6. The second kappa shape index (κ2) is 8.69. The number of amides is 1. The predicted octanol–water partition coefficient (Wildman–Crippen LogP) is 2.32. The number of rotatable bonds is 5. The van der Waals surface area contributed by atoms with Crippen molar-refractivity contribution in [3.05, 3.63) is 42.5 Å². The molecule has 5 nitrogen and oxygen atoms in total. The SMILES string of the molecule is C/C=C/CN1CC[C@@H](O)[C@]2(CCCN(C(=O)COc3ccccc3)C2)C1. The molecular weight excluding hydrogens is 328 g/mol. The topological polar surface area (TPSA) is 53.0 Å². The fourth-order valence-corrected chi connectivity index (χ4v) is 4.18. The molecular formula is C21H30N2O3. The molecule has 2 atom stereocenters. The average Bonchev–Trinajstić information content (AvgIpc) is 2.68. The number of carbonyl (C=O) groups is 1. The number of para-hydroxylation sites is 1. The number of hydrogen-bond acceptors (Lipinski definition) is 4. The van der Waals surface area contributed by atoms with E-state index in [2.05, 4.69) is 17.1 Å². The van der Waals surface area contributed by atoms with Crippen molar-refractivity contribution in [2.45, 2.75) is 32.3 Å². The van der Waals surface area contributed by atoms with Crippen LogP contribution < -0.4 is 4.74 Å². The highest BCUT2D eigenvalue weighted by Gasteiger charge is 2.46. The molecule has 2 fully saturated rings. The fourth-order valence-electron chi connectivity index (χ4n) is 4.18. The van der Waals surface area contributed by atoms with Crippen LogP contribution in [0.5, 0.6) is 5.75 Å². The van der Waals surface area contributed by atoms with E-state index in [9.17, 15) is 9.90 Å². The van der Waals surface area contributed by atoms with Crippen LogP contribution in [0, 0.1) is 5.41 Å². The molecule has 2 aliphatic heterocycles. The first-order chi connectivity index (χ1) is 12.6. The molecule has 0 aliphatic carbocycles. The van der Waals surface area contributed by atoms with Gasteiger partial charge in [0.05, 0.1) is 6.10 Å². The van der Waals surface area contributed by atoms with Gasteiger partial charge in [-0.15, -0.1) is 0 Å². The number of hydrogen-bond donors (Lipinski definition) is 1. The van der Waals surface area contributed by atoms with Crippen molar-refractivity contribution in [3.63, 3.8) is 0 Å². The Morgan fingerprint density at radius 1 is 1.31 bits per heavy atom. The summed E-state index contributed by atoms with van der Waals surface area (Å²) in [6, 6.07) is 9.43. The second-order valence-electron chi connectivity index (χ2n) is 7.49. The van der Waals surface area contributed by atoms with Crippen LogP contribution in [0.15, 0.2) is 42.5 Å². The van der Waals surface area contributed by atoms with Gasteiger partial charge in [0.2, 0.25) is 0 Å². The Morgan fingerprint density at radius 2 is 2.12 bits per heavy atom. The summed E-state index contributed by atoms with van der Waals surface area (Å²) in [4.78, 5) is 16.9. The number of aliphatic hydroxyl groups excluding tert-OH is 1. The van der Waals surface area contributed by atoms with E-state index in [1.165, 1.54) is 0 Å². The van der Waals surface area contributed by atoms with Crippen molar-refractivity contribution in [1.29, 1.82) is 0 Å². The Hall–Kier alpha value is -1.85. The zero-order chi connectivity index (χ0) is 18.4. The standard InChI is InChI=1S/C21H30N2O3/c1-2-3-12-22-14-10-19(24)21(16-22)11-7-13-23(17-21)20(25)15-26-18-8-5-4-6-9-18/h2-6,8-9,19,24H,7,10-17H2,1H3/b3-2+/t19-,21-/m1/s1. The molecule has 0 saturated carbocycles. The quantitative estimate of drug-likeness (QED) is 0.821. The normalized spacial score (nSPS) is 27.2. The maximum atomic E-state index is 12.7. The summed E-state index contributed by atoms with van der Waals surface area (Å²) in [7, 11) is 0. The lowest BCUT2D eigenvalue weighted by atomic mass is 9.71. The van der Waals surface area contributed by atoms with E-state index in [1.54, 1.807) is 0 Å². The number of carbonyl (C=O) groups excluding carboxylic acids is 1. The van der Waals surface area contributed by atoms with Crippen molar-refractivity contribution in [2.75, 3.05) is 39.3 Å². The summed E-state index contributed by atoms with van der Waals surface area (Å²) < 4.78 is 5.62. The van der Waals surface area contributed by atoms with Gasteiger partial charge in [-0.05, 0) is 38.3 Å².